The number of nitriles is 1. The lowest BCUT2D eigenvalue weighted by atomic mass is 9.74. The van der Waals surface area contributed by atoms with Gasteiger partial charge in [-0.15, -0.1) is 5.10 Å². The normalized spacial score (nSPS) is 16.0. The first-order valence-electron chi connectivity index (χ1n) is 11.9. The van der Waals surface area contributed by atoms with Crippen molar-refractivity contribution in [3.8, 4) is 29.0 Å². The molecule has 0 radical (unpaired) electrons. The lowest BCUT2D eigenvalue weighted by Gasteiger charge is -2.31. The minimum atomic E-state index is -0.499. The molecule has 3 aromatic rings. The van der Waals surface area contributed by atoms with Crippen LogP contribution in [0.25, 0.3) is 11.3 Å². The van der Waals surface area contributed by atoms with E-state index in [1.165, 1.54) is 0 Å². The zero-order valence-electron chi connectivity index (χ0n) is 21.8. The molecular formula is C29H34N4O2. The first-order chi connectivity index (χ1) is 16.2. The molecule has 2 aromatic carbocycles. The van der Waals surface area contributed by atoms with E-state index >= 15 is 0 Å². The summed E-state index contributed by atoms with van der Waals surface area (Å²) < 4.78 is 5.81. The fraction of sp³-hybridized carbons (Fsp3) is 0.379. The van der Waals surface area contributed by atoms with Gasteiger partial charge >= 0.3 is 0 Å². The molecule has 1 unspecified atom stereocenters. The molecule has 2 heterocycles. The van der Waals surface area contributed by atoms with Gasteiger partial charge in [-0.3, -0.25) is 5.10 Å². The second-order valence-corrected chi connectivity index (χ2v) is 11.5. The maximum absolute atomic E-state index is 11.3. The van der Waals surface area contributed by atoms with Crippen LogP contribution >= 0.6 is 0 Å². The summed E-state index contributed by atoms with van der Waals surface area (Å²) in [5.41, 5.74) is 13.3. The average molecular weight is 471 g/mol. The molecule has 6 heteroatoms. The number of hydrogen-bond acceptors (Lipinski definition) is 5. The number of rotatable bonds is 2. The number of phenols is 1. The van der Waals surface area contributed by atoms with Crippen molar-refractivity contribution in [2.24, 2.45) is 5.73 Å². The van der Waals surface area contributed by atoms with E-state index in [0.29, 0.717) is 17.2 Å². The summed E-state index contributed by atoms with van der Waals surface area (Å²) in [6.07, 6.45) is 0. The largest absolute Gasteiger partial charge is 0.507 e. The number of ether oxygens (including phenoxy) is 1. The lowest BCUT2D eigenvalue weighted by molar-refractivity contribution is 0.378. The number of fused-ring (bicyclic) bond motifs is 1. The zero-order valence-corrected chi connectivity index (χ0v) is 21.8. The third kappa shape index (κ3) is 4.16. The molecule has 4 N–H and O–H groups in total. The summed E-state index contributed by atoms with van der Waals surface area (Å²) >= 11 is 0. The minimum Gasteiger partial charge on any atom is -0.507 e. The van der Waals surface area contributed by atoms with Crippen LogP contribution in [0.3, 0.4) is 0 Å². The first kappa shape index (κ1) is 24.4. The molecule has 0 amide bonds. The summed E-state index contributed by atoms with van der Waals surface area (Å²) in [7, 11) is 0. The van der Waals surface area contributed by atoms with Gasteiger partial charge in [0.2, 0.25) is 11.8 Å². The second-order valence-electron chi connectivity index (χ2n) is 11.5. The maximum Gasteiger partial charge on any atom is 0.244 e. The van der Waals surface area contributed by atoms with E-state index in [4.69, 9.17) is 10.5 Å². The van der Waals surface area contributed by atoms with Crippen LogP contribution < -0.4 is 10.5 Å². The molecule has 0 aliphatic carbocycles. The number of aromatic nitrogens is 2. The molecule has 0 saturated carbocycles. The van der Waals surface area contributed by atoms with E-state index in [-0.39, 0.29) is 16.7 Å². The molecule has 0 bridgehead atoms. The fourth-order valence-corrected chi connectivity index (χ4v) is 4.84. The van der Waals surface area contributed by atoms with Gasteiger partial charge < -0.3 is 15.6 Å². The van der Waals surface area contributed by atoms with Crippen LogP contribution in [-0.2, 0) is 10.8 Å². The predicted octanol–water partition coefficient (Wildman–Crippen LogP) is 6.21. The Hall–Kier alpha value is -3.72. The van der Waals surface area contributed by atoms with Crippen molar-refractivity contribution in [1.82, 2.24) is 10.2 Å². The van der Waals surface area contributed by atoms with Crippen LogP contribution in [0.1, 0.15) is 80.8 Å². The van der Waals surface area contributed by atoms with E-state index in [9.17, 15) is 10.4 Å². The summed E-state index contributed by atoms with van der Waals surface area (Å²) in [4.78, 5) is 0. The molecule has 1 atom stereocenters. The van der Waals surface area contributed by atoms with Crippen LogP contribution in [-0.4, -0.2) is 15.3 Å². The van der Waals surface area contributed by atoms with Gasteiger partial charge in [0, 0.05) is 5.56 Å². The first-order valence-corrected chi connectivity index (χ1v) is 11.9. The highest BCUT2D eigenvalue weighted by Gasteiger charge is 2.38. The van der Waals surface area contributed by atoms with Crippen molar-refractivity contribution in [2.45, 2.75) is 72.1 Å². The van der Waals surface area contributed by atoms with Crippen LogP contribution in [0, 0.1) is 25.2 Å². The lowest BCUT2D eigenvalue weighted by Crippen LogP contribution is -2.23. The Balaban J connectivity index is 2.06. The third-order valence-electron chi connectivity index (χ3n) is 6.67. The van der Waals surface area contributed by atoms with Gasteiger partial charge in [0.15, 0.2) is 0 Å². The highest BCUT2D eigenvalue weighted by Crippen LogP contribution is 2.49. The molecule has 0 fully saturated rings. The third-order valence-corrected chi connectivity index (χ3v) is 6.67. The van der Waals surface area contributed by atoms with Crippen LogP contribution in [0.5, 0.6) is 11.6 Å². The molecule has 1 aliphatic heterocycles. The number of benzene rings is 2. The molecular weight excluding hydrogens is 436 g/mol. The summed E-state index contributed by atoms with van der Waals surface area (Å²) in [5.74, 6) is 0.204. The number of hydrogen-bond donors (Lipinski definition) is 3. The number of aryl methyl sites for hydroxylation is 2. The Kier molecular flexibility index (Phi) is 5.72. The van der Waals surface area contributed by atoms with E-state index in [2.05, 4.69) is 89.9 Å². The van der Waals surface area contributed by atoms with E-state index in [0.717, 1.165) is 44.6 Å². The highest BCUT2D eigenvalue weighted by molar-refractivity contribution is 5.73. The summed E-state index contributed by atoms with van der Waals surface area (Å²) in [5, 5.41) is 29.0. The number of nitrogens with two attached hydrogens (primary N) is 1. The van der Waals surface area contributed by atoms with Crippen molar-refractivity contribution in [3.63, 3.8) is 0 Å². The molecule has 1 aliphatic rings. The highest BCUT2D eigenvalue weighted by atomic mass is 16.5. The van der Waals surface area contributed by atoms with Crippen LogP contribution in [0.15, 0.2) is 41.8 Å². The molecule has 0 spiro atoms. The number of nitrogens with zero attached hydrogens (tertiary/aromatic N) is 2. The summed E-state index contributed by atoms with van der Waals surface area (Å²) in [6.45, 7) is 16.5. The van der Waals surface area contributed by atoms with E-state index in [1.807, 2.05) is 12.1 Å². The Labute approximate surface area is 207 Å². The van der Waals surface area contributed by atoms with Crippen molar-refractivity contribution in [3.05, 3.63) is 75.2 Å². The molecule has 6 nitrogen and oxygen atoms in total. The minimum absolute atomic E-state index is 0.0476. The van der Waals surface area contributed by atoms with Crippen LogP contribution in [0.2, 0.25) is 0 Å². The molecule has 4 rings (SSSR count). The predicted molar refractivity (Wildman–Crippen MR) is 138 cm³/mol. The second kappa shape index (κ2) is 8.20. The van der Waals surface area contributed by atoms with Gasteiger partial charge in [0.25, 0.3) is 0 Å². The van der Waals surface area contributed by atoms with Crippen molar-refractivity contribution < 1.29 is 9.84 Å². The monoisotopic (exact) mass is 470 g/mol. The average Bonchev–Trinajstić information content (AvgIpc) is 3.14. The molecule has 35 heavy (non-hydrogen) atoms. The smallest absolute Gasteiger partial charge is 0.244 e. The zero-order chi connectivity index (χ0) is 25.9. The number of phenolic OH excluding ortho intramolecular Hbond substituents is 1. The van der Waals surface area contributed by atoms with Gasteiger partial charge in [0.1, 0.15) is 17.4 Å². The standard InChI is InChI=1S/C29H34N4O2/c1-15-9-10-18(16(2)11-15)24-23-22(19(14-30)26(31)35-27(23)33-32-24)17-12-20(28(3,4)5)25(34)21(13-17)29(6,7)8/h9-13,22,34H,31H2,1-8H3,(H,32,33). The van der Waals surface area contributed by atoms with Crippen LogP contribution in [0.4, 0.5) is 0 Å². The number of nitrogens with one attached hydrogen (secondary N) is 1. The van der Waals surface area contributed by atoms with E-state index in [1.54, 1.807) is 0 Å². The molecule has 1 aromatic heterocycles. The molecule has 182 valence electrons. The summed E-state index contributed by atoms with van der Waals surface area (Å²) in [6, 6.07) is 12.5. The van der Waals surface area contributed by atoms with Crippen molar-refractivity contribution >= 4 is 0 Å². The maximum atomic E-state index is 11.3. The number of H-pyrrole nitrogens is 1. The Morgan fingerprint density at radius 3 is 2.14 bits per heavy atom. The Bertz CT molecular complexity index is 1360. The van der Waals surface area contributed by atoms with Gasteiger partial charge in [-0.05, 0) is 46.9 Å². The van der Waals surface area contributed by atoms with Gasteiger partial charge in [0.05, 0.1) is 17.2 Å². The number of aromatic hydroxyl groups is 1. The topological polar surface area (TPSA) is 108 Å². The SMILES string of the molecule is Cc1ccc(-c2[nH]nc3c2C(c2cc(C(C)(C)C)c(O)c(C(C)(C)C)c2)C(C#N)=C(N)O3)c(C)c1. The van der Waals surface area contributed by atoms with Gasteiger partial charge in [-0.25, -0.2) is 0 Å². The Morgan fingerprint density at radius 2 is 1.63 bits per heavy atom. The van der Waals surface area contributed by atoms with E-state index < -0.39 is 5.92 Å². The number of aromatic amines is 1. The molecule has 0 saturated heterocycles. The Morgan fingerprint density at radius 1 is 1.03 bits per heavy atom. The quantitative estimate of drug-likeness (QED) is 0.412. The van der Waals surface area contributed by atoms with Crippen molar-refractivity contribution in [2.75, 3.05) is 0 Å². The number of allylic oxidation sites excluding steroid dienone is 1. The van der Waals surface area contributed by atoms with Gasteiger partial charge in [-0.2, -0.15) is 5.26 Å². The van der Waals surface area contributed by atoms with Crippen molar-refractivity contribution in [1.29, 1.82) is 5.26 Å². The van der Waals surface area contributed by atoms with Gasteiger partial charge in [-0.1, -0.05) is 77.4 Å². The fourth-order valence-electron chi connectivity index (χ4n) is 4.84.